The third-order valence-electron chi connectivity index (χ3n) is 2.33. The number of carboxylic acid groups (broad SMARTS) is 1. The number of carbonyl (C=O) groups excluding carboxylic acids is 1. The van der Waals surface area contributed by atoms with Gasteiger partial charge >= 0.3 is 5.97 Å². The first-order valence-electron chi connectivity index (χ1n) is 5.85. The van der Waals surface area contributed by atoms with Gasteiger partial charge in [-0.25, -0.2) is 4.79 Å². The lowest BCUT2D eigenvalue weighted by molar-refractivity contribution is 0.0697. The van der Waals surface area contributed by atoms with Crippen LogP contribution in [0, 0.1) is 0 Å². The fourth-order valence-corrected chi connectivity index (χ4v) is 2.23. The second-order valence-electron chi connectivity index (χ2n) is 3.71. The minimum absolute atomic E-state index is 0.0216. The van der Waals surface area contributed by atoms with E-state index in [1.54, 1.807) is 37.3 Å². The van der Waals surface area contributed by atoms with Gasteiger partial charge in [-0.05, 0) is 19.1 Å². The van der Waals surface area contributed by atoms with E-state index in [9.17, 15) is 9.59 Å². The summed E-state index contributed by atoms with van der Waals surface area (Å²) in [5, 5.41) is 11.8. The van der Waals surface area contributed by atoms with E-state index in [0.717, 1.165) is 11.3 Å². The SMILES string of the molecule is CCOc1nc(NC(=O)c2ccccc2)sc1C(=O)O. The number of aromatic carboxylic acids is 1. The van der Waals surface area contributed by atoms with Gasteiger partial charge in [-0.3, -0.25) is 10.1 Å². The second-order valence-corrected chi connectivity index (χ2v) is 4.71. The molecule has 0 aliphatic heterocycles. The van der Waals surface area contributed by atoms with Crippen molar-refractivity contribution in [3.05, 3.63) is 40.8 Å². The predicted octanol–water partition coefficient (Wildman–Crippen LogP) is 2.49. The van der Waals surface area contributed by atoms with Crippen molar-refractivity contribution < 1.29 is 19.4 Å². The smallest absolute Gasteiger partial charge is 0.351 e. The number of nitrogens with one attached hydrogen (secondary N) is 1. The molecule has 1 aromatic heterocycles. The van der Waals surface area contributed by atoms with Gasteiger partial charge in [-0.15, -0.1) is 0 Å². The van der Waals surface area contributed by atoms with Gasteiger partial charge in [-0.2, -0.15) is 4.98 Å². The molecule has 0 radical (unpaired) electrons. The van der Waals surface area contributed by atoms with Crippen LogP contribution in [-0.4, -0.2) is 28.6 Å². The van der Waals surface area contributed by atoms with E-state index in [-0.39, 0.29) is 21.8 Å². The Bertz CT molecular complexity index is 625. The molecule has 0 bridgehead atoms. The Labute approximate surface area is 119 Å². The lowest BCUT2D eigenvalue weighted by Crippen LogP contribution is -2.11. The molecule has 2 N–H and O–H groups in total. The number of rotatable bonds is 5. The molecule has 0 spiro atoms. The molecule has 6 nitrogen and oxygen atoms in total. The zero-order valence-corrected chi connectivity index (χ0v) is 11.4. The number of amides is 1. The van der Waals surface area contributed by atoms with E-state index < -0.39 is 5.97 Å². The molecule has 2 rings (SSSR count). The Kier molecular flexibility index (Phi) is 4.31. The van der Waals surface area contributed by atoms with Gasteiger partial charge in [0.05, 0.1) is 6.61 Å². The average molecular weight is 292 g/mol. The van der Waals surface area contributed by atoms with Crippen LogP contribution in [-0.2, 0) is 0 Å². The van der Waals surface area contributed by atoms with Crippen LogP contribution in [0.4, 0.5) is 5.13 Å². The van der Waals surface area contributed by atoms with Crippen molar-refractivity contribution in [1.82, 2.24) is 4.98 Å². The molecular weight excluding hydrogens is 280 g/mol. The van der Waals surface area contributed by atoms with Crippen molar-refractivity contribution in [2.75, 3.05) is 11.9 Å². The summed E-state index contributed by atoms with van der Waals surface area (Å²) in [6.07, 6.45) is 0. The van der Waals surface area contributed by atoms with Gasteiger partial charge in [0.25, 0.3) is 5.91 Å². The number of benzene rings is 1. The summed E-state index contributed by atoms with van der Waals surface area (Å²) in [4.78, 5) is 26.9. The van der Waals surface area contributed by atoms with Gasteiger partial charge in [-0.1, -0.05) is 29.5 Å². The first-order valence-corrected chi connectivity index (χ1v) is 6.66. The molecule has 1 amide bonds. The summed E-state index contributed by atoms with van der Waals surface area (Å²) in [5.41, 5.74) is 0.470. The fraction of sp³-hybridized carbons (Fsp3) is 0.154. The van der Waals surface area contributed by atoms with Gasteiger partial charge < -0.3 is 9.84 Å². The van der Waals surface area contributed by atoms with E-state index in [2.05, 4.69) is 10.3 Å². The van der Waals surface area contributed by atoms with Crippen LogP contribution < -0.4 is 10.1 Å². The molecular formula is C13H12N2O4S. The van der Waals surface area contributed by atoms with E-state index in [1.165, 1.54) is 0 Å². The number of nitrogens with zero attached hydrogens (tertiary/aromatic N) is 1. The second kappa shape index (κ2) is 6.16. The minimum atomic E-state index is -1.13. The number of thiazole rings is 1. The minimum Gasteiger partial charge on any atom is -0.477 e. The van der Waals surface area contributed by atoms with Gasteiger partial charge in [0, 0.05) is 5.56 Å². The largest absolute Gasteiger partial charge is 0.477 e. The molecule has 0 atom stereocenters. The Morgan fingerprint density at radius 1 is 1.35 bits per heavy atom. The highest BCUT2D eigenvalue weighted by atomic mass is 32.1. The van der Waals surface area contributed by atoms with Crippen LogP contribution in [0.5, 0.6) is 5.88 Å². The summed E-state index contributed by atoms with van der Waals surface area (Å²) in [6.45, 7) is 2.03. The highest BCUT2D eigenvalue weighted by Gasteiger charge is 2.20. The normalized spacial score (nSPS) is 10.1. The number of carboxylic acids is 1. The van der Waals surface area contributed by atoms with Crippen LogP contribution in [0.25, 0.3) is 0 Å². The monoisotopic (exact) mass is 292 g/mol. The number of aromatic nitrogens is 1. The van der Waals surface area contributed by atoms with Crippen LogP contribution in [0.1, 0.15) is 27.0 Å². The van der Waals surface area contributed by atoms with Crippen molar-refractivity contribution in [2.45, 2.75) is 6.92 Å². The first-order chi connectivity index (χ1) is 9.61. The average Bonchev–Trinajstić information content (AvgIpc) is 2.83. The maximum Gasteiger partial charge on any atom is 0.351 e. The summed E-state index contributed by atoms with van der Waals surface area (Å²) in [5.74, 6) is -1.46. The quantitative estimate of drug-likeness (QED) is 0.883. The summed E-state index contributed by atoms with van der Waals surface area (Å²) < 4.78 is 5.13. The maximum atomic E-state index is 11.9. The first kappa shape index (κ1) is 14.0. The molecule has 1 aromatic carbocycles. The number of anilines is 1. The van der Waals surface area contributed by atoms with Crippen molar-refractivity contribution in [2.24, 2.45) is 0 Å². The van der Waals surface area contributed by atoms with Gasteiger partial charge in [0.15, 0.2) is 10.0 Å². The highest BCUT2D eigenvalue weighted by molar-refractivity contribution is 7.17. The zero-order valence-electron chi connectivity index (χ0n) is 10.6. The van der Waals surface area contributed by atoms with Gasteiger partial charge in [0.2, 0.25) is 5.88 Å². The Morgan fingerprint density at radius 3 is 2.65 bits per heavy atom. The molecule has 1 heterocycles. The Hall–Kier alpha value is -2.41. The molecule has 2 aromatic rings. The predicted molar refractivity (Wildman–Crippen MR) is 74.6 cm³/mol. The van der Waals surface area contributed by atoms with E-state index in [1.807, 2.05) is 0 Å². The topological polar surface area (TPSA) is 88.5 Å². The number of carbonyl (C=O) groups is 2. The van der Waals surface area contributed by atoms with Crippen molar-refractivity contribution in [3.63, 3.8) is 0 Å². The van der Waals surface area contributed by atoms with Gasteiger partial charge in [0.1, 0.15) is 0 Å². The van der Waals surface area contributed by atoms with E-state index >= 15 is 0 Å². The number of hydrogen-bond acceptors (Lipinski definition) is 5. The third kappa shape index (κ3) is 3.12. The van der Waals surface area contributed by atoms with Crippen LogP contribution in [0.15, 0.2) is 30.3 Å². The van der Waals surface area contributed by atoms with E-state index in [4.69, 9.17) is 9.84 Å². The Morgan fingerprint density at radius 2 is 2.05 bits per heavy atom. The molecule has 104 valence electrons. The third-order valence-corrected chi connectivity index (χ3v) is 3.27. The van der Waals surface area contributed by atoms with Crippen molar-refractivity contribution in [1.29, 1.82) is 0 Å². The molecule has 0 fully saturated rings. The van der Waals surface area contributed by atoms with Crippen LogP contribution in [0.3, 0.4) is 0 Å². The molecule has 20 heavy (non-hydrogen) atoms. The number of hydrogen-bond donors (Lipinski definition) is 2. The summed E-state index contributed by atoms with van der Waals surface area (Å²) in [6, 6.07) is 8.60. The summed E-state index contributed by atoms with van der Waals surface area (Å²) >= 11 is 0.863. The lowest BCUT2D eigenvalue weighted by atomic mass is 10.2. The van der Waals surface area contributed by atoms with Crippen LogP contribution in [0.2, 0.25) is 0 Å². The van der Waals surface area contributed by atoms with Crippen molar-refractivity contribution >= 4 is 28.3 Å². The molecule has 7 heteroatoms. The lowest BCUT2D eigenvalue weighted by Gasteiger charge is -2.00. The van der Waals surface area contributed by atoms with Crippen molar-refractivity contribution in [3.8, 4) is 5.88 Å². The number of ether oxygens (including phenoxy) is 1. The van der Waals surface area contributed by atoms with E-state index in [0.29, 0.717) is 12.2 Å². The fourth-order valence-electron chi connectivity index (χ4n) is 1.49. The molecule has 0 unspecified atom stereocenters. The maximum absolute atomic E-state index is 11.9. The molecule has 0 aliphatic carbocycles. The van der Waals surface area contributed by atoms with Crippen LogP contribution >= 0.6 is 11.3 Å². The molecule has 0 aliphatic rings. The Balaban J connectivity index is 2.19. The molecule has 0 saturated carbocycles. The highest BCUT2D eigenvalue weighted by Crippen LogP contribution is 2.29. The molecule has 0 saturated heterocycles. The summed E-state index contributed by atoms with van der Waals surface area (Å²) in [7, 11) is 0. The standard InChI is InChI=1S/C13H12N2O4S/c1-2-19-11-9(12(17)18)20-13(15-11)14-10(16)8-6-4-3-5-7-8/h3-7H,2H2,1H3,(H,17,18)(H,14,15,16). The zero-order chi connectivity index (χ0) is 14.5.